The summed E-state index contributed by atoms with van der Waals surface area (Å²) in [4.78, 5) is 18.3. The summed E-state index contributed by atoms with van der Waals surface area (Å²) >= 11 is 3.16. The summed E-state index contributed by atoms with van der Waals surface area (Å²) in [5.41, 5.74) is 4.34. The Morgan fingerprint density at radius 1 is 1.42 bits per heavy atom. The summed E-state index contributed by atoms with van der Waals surface area (Å²) in [6, 6.07) is 4.05. The molecule has 2 aromatic heterocycles. The lowest BCUT2D eigenvalue weighted by atomic mass is 10.3. The summed E-state index contributed by atoms with van der Waals surface area (Å²) in [7, 11) is 0. The van der Waals surface area contributed by atoms with Gasteiger partial charge in [-0.05, 0) is 32.9 Å². The van der Waals surface area contributed by atoms with Crippen LogP contribution in [0.2, 0.25) is 0 Å². The average Bonchev–Trinajstić information content (AvgIpc) is 2.95. The highest BCUT2D eigenvalue weighted by molar-refractivity contribution is 7.14. The number of nitrogens with one attached hydrogen (secondary N) is 1. The molecule has 2 rings (SSSR count). The quantitative estimate of drug-likeness (QED) is 0.696. The van der Waals surface area contributed by atoms with Crippen molar-refractivity contribution in [1.82, 2.24) is 10.4 Å². The summed E-state index contributed by atoms with van der Waals surface area (Å²) < 4.78 is 0. The van der Waals surface area contributed by atoms with Gasteiger partial charge in [-0.25, -0.2) is 10.4 Å². The van der Waals surface area contributed by atoms with Crippen molar-refractivity contribution in [3.05, 3.63) is 38.0 Å². The molecule has 0 aliphatic carbocycles. The molecule has 1 N–H and O–H groups in total. The van der Waals surface area contributed by atoms with E-state index >= 15 is 0 Å². The van der Waals surface area contributed by atoms with Gasteiger partial charge in [0.05, 0.1) is 17.0 Å². The van der Waals surface area contributed by atoms with Crippen LogP contribution in [0.15, 0.2) is 22.6 Å². The average molecular weight is 293 g/mol. The summed E-state index contributed by atoms with van der Waals surface area (Å²) in [5.74, 6) is -0.137. The number of hydrazone groups is 1. The van der Waals surface area contributed by atoms with Gasteiger partial charge in [0.15, 0.2) is 0 Å². The maximum atomic E-state index is 11.7. The van der Waals surface area contributed by atoms with Gasteiger partial charge in [0, 0.05) is 16.0 Å². The van der Waals surface area contributed by atoms with Gasteiger partial charge in [0.2, 0.25) is 5.91 Å². The first-order valence-electron chi connectivity index (χ1n) is 5.85. The molecule has 1 amide bonds. The van der Waals surface area contributed by atoms with Crippen molar-refractivity contribution in [2.75, 3.05) is 0 Å². The Labute approximate surface area is 120 Å². The molecule has 0 unspecified atom stereocenters. The van der Waals surface area contributed by atoms with E-state index in [1.54, 1.807) is 11.3 Å². The van der Waals surface area contributed by atoms with Gasteiger partial charge in [-0.2, -0.15) is 5.10 Å². The summed E-state index contributed by atoms with van der Waals surface area (Å²) in [6.07, 6.45) is 0.277. The number of amides is 1. The molecule has 0 saturated carbocycles. The van der Waals surface area contributed by atoms with Gasteiger partial charge in [-0.1, -0.05) is 0 Å². The number of hydrogen-bond donors (Lipinski definition) is 1. The Morgan fingerprint density at radius 3 is 2.79 bits per heavy atom. The molecule has 0 aromatic carbocycles. The predicted molar refractivity (Wildman–Crippen MR) is 80.0 cm³/mol. The van der Waals surface area contributed by atoms with Crippen LogP contribution in [0.3, 0.4) is 0 Å². The highest BCUT2D eigenvalue weighted by atomic mass is 32.1. The molecule has 0 bridgehead atoms. The van der Waals surface area contributed by atoms with Gasteiger partial charge in [-0.3, -0.25) is 4.79 Å². The van der Waals surface area contributed by atoms with Crippen molar-refractivity contribution in [3.63, 3.8) is 0 Å². The second-order valence-corrected chi connectivity index (χ2v) is 6.43. The number of nitrogens with zero attached hydrogens (tertiary/aromatic N) is 2. The minimum atomic E-state index is -0.137. The maximum absolute atomic E-state index is 11.7. The van der Waals surface area contributed by atoms with Crippen LogP contribution in [-0.4, -0.2) is 16.6 Å². The van der Waals surface area contributed by atoms with Crippen LogP contribution in [0.4, 0.5) is 0 Å². The van der Waals surface area contributed by atoms with E-state index in [4.69, 9.17) is 0 Å². The van der Waals surface area contributed by atoms with E-state index in [2.05, 4.69) is 15.5 Å². The Morgan fingerprint density at radius 2 is 2.21 bits per heavy atom. The van der Waals surface area contributed by atoms with E-state index in [0.29, 0.717) is 0 Å². The monoisotopic (exact) mass is 293 g/mol. The van der Waals surface area contributed by atoms with Gasteiger partial charge in [0.25, 0.3) is 0 Å². The van der Waals surface area contributed by atoms with Gasteiger partial charge in [-0.15, -0.1) is 22.7 Å². The third-order valence-electron chi connectivity index (χ3n) is 2.42. The molecule has 0 saturated heterocycles. The van der Waals surface area contributed by atoms with E-state index in [1.165, 1.54) is 16.2 Å². The normalized spacial score (nSPS) is 11.6. The van der Waals surface area contributed by atoms with Crippen molar-refractivity contribution in [3.8, 4) is 0 Å². The first-order chi connectivity index (χ1) is 9.04. The van der Waals surface area contributed by atoms with Gasteiger partial charge < -0.3 is 0 Å². The van der Waals surface area contributed by atoms with Crippen LogP contribution in [-0.2, 0) is 11.2 Å². The van der Waals surface area contributed by atoms with Crippen molar-refractivity contribution in [1.29, 1.82) is 0 Å². The highest BCUT2D eigenvalue weighted by Gasteiger charge is 2.06. The number of aromatic nitrogens is 1. The van der Waals surface area contributed by atoms with Crippen molar-refractivity contribution < 1.29 is 4.79 Å². The number of thiophene rings is 1. The largest absolute Gasteiger partial charge is 0.273 e. The molecule has 0 atom stereocenters. The number of rotatable bonds is 4. The summed E-state index contributed by atoms with van der Waals surface area (Å²) in [5, 5.41) is 6.87. The van der Waals surface area contributed by atoms with Crippen LogP contribution in [0.25, 0.3) is 0 Å². The molecule has 6 heteroatoms. The summed E-state index contributed by atoms with van der Waals surface area (Å²) in [6.45, 7) is 5.85. The zero-order chi connectivity index (χ0) is 13.8. The molecular weight excluding hydrogens is 278 g/mol. The Bertz CT molecular complexity index is 613. The van der Waals surface area contributed by atoms with Gasteiger partial charge in [0.1, 0.15) is 5.01 Å². The van der Waals surface area contributed by atoms with Crippen LogP contribution < -0.4 is 5.43 Å². The predicted octanol–water partition coefficient (Wildman–Crippen LogP) is 2.90. The van der Waals surface area contributed by atoms with Crippen LogP contribution in [0, 0.1) is 13.8 Å². The molecule has 0 fully saturated rings. The third-order valence-corrected chi connectivity index (χ3v) is 4.50. The van der Waals surface area contributed by atoms with E-state index in [1.807, 2.05) is 38.3 Å². The van der Waals surface area contributed by atoms with E-state index < -0.39 is 0 Å². The zero-order valence-corrected chi connectivity index (χ0v) is 12.7. The van der Waals surface area contributed by atoms with Crippen LogP contribution in [0.5, 0.6) is 0 Å². The number of carbonyl (C=O) groups is 1. The third kappa shape index (κ3) is 3.97. The molecule has 0 aliphatic rings. The minimum absolute atomic E-state index is 0.137. The number of aryl methyl sites for hydroxylation is 2. The fourth-order valence-corrected chi connectivity index (χ4v) is 3.07. The molecule has 0 spiro atoms. The van der Waals surface area contributed by atoms with E-state index in [9.17, 15) is 4.79 Å². The standard InChI is InChI=1S/C13H15N3OS2/c1-8-7-18-13(14-8)6-12(17)16-15-10(3)11-5-4-9(2)19-11/h4-5,7H,6H2,1-3H3,(H,16,17)/b15-10-. The topological polar surface area (TPSA) is 54.4 Å². The number of hydrogen-bond acceptors (Lipinski definition) is 5. The lowest BCUT2D eigenvalue weighted by molar-refractivity contribution is -0.120. The molecular formula is C13H15N3OS2. The Kier molecular flexibility index (Phi) is 4.44. The zero-order valence-electron chi connectivity index (χ0n) is 11.1. The molecule has 100 valence electrons. The molecule has 0 aliphatic heterocycles. The Hall–Kier alpha value is -1.53. The molecule has 4 nitrogen and oxygen atoms in total. The second kappa shape index (κ2) is 6.08. The molecule has 2 heterocycles. The second-order valence-electron chi connectivity index (χ2n) is 4.20. The highest BCUT2D eigenvalue weighted by Crippen LogP contribution is 2.15. The molecule has 0 radical (unpaired) electrons. The number of carbonyl (C=O) groups excluding carboxylic acids is 1. The molecule has 19 heavy (non-hydrogen) atoms. The lowest BCUT2D eigenvalue weighted by Gasteiger charge is -1.99. The smallest absolute Gasteiger partial charge is 0.246 e. The maximum Gasteiger partial charge on any atom is 0.246 e. The van der Waals surface area contributed by atoms with Gasteiger partial charge >= 0.3 is 0 Å². The van der Waals surface area contributed by atoms with Crippen LogP contribution >= 0.6 is 22.7 Å². The van der Waals surface area contributed by atoms with E-state index in [-0.39, 0.29) is 12.3 Å². The van der Waals surface area contributed by atoms with Crippen molar-refractivity contribution >= 4 is 34.3 Å². The Balaban J connectivity index is 1.92. The fraction of sp³-hybridized carbons (Fsp3) is 0.308. The van der Waals surface area contributed by atoms with Crippen molar-refractivity contribution in [2.24, 2.45) is 5.10 Å². The lowest BCUT2D eigenvalue weighted by Crippen LogP contribution is -2.21. The van der Waals surface area contributed by atoms with Crippen molar-refractivity contribution in [2.45, 2.75) is 27.2 Å². The molecule has 2 aromatic rings. The number of thiazole rings is 1. The van der Waals surface area contributed by atoms with Crippen LogP contribution in [0.1, 0.15) is 27.4 Å². The first kappa shape index (κ1) is 13.9. The minimum Gasteiger partial charge on any atom is -0.273 e. The van der Waals surface area contributed by atoms with E-state index in [0.717, 1.165) is 21.3 Å². The SMILES string of the molecule is C/C(=N/NC(=O)Cc1nc(C)cs1)c1ccc(C)s1. The first-order valence-corrected chi connectivity index (χ1v) is 7.55. The fourth-order valence-electron chi connectivity index (χ4n) is 1.49.